The van der Waals surface area contributed by atoms with Gasteiger partial charge in [-0.3, -0.25) is 0 Å². The number of benzene rings is 2. The predicted molar refractivity (Wildman–Crippen MR) is 88.9 cm³/mol. The van der Waals surface area contributed by atoms with E-state index in [1.54, 1.807) is 10.8 Å². The largest absolute Gasteiger partial charge is 0.0793 e. The van der Waals surface area contributed by atoms with Gasteiger partial charge in [0.05, 0.1) is 15.2 Å². The van der Waals surface area contributed by atoms with Crippen molar-refractivity contribution in [3.8, 4) is 11.1 Å². The molecule has 96 valence electrons. The van der Waals surface area contributed by atoms with E-state index in [2.05, 4.69) is 62.6 Å². The van der Waals surface area contributed by atoms with E-state index in [1.807, 2.05) is 5.19 Å². The predicted octanol–water partition coefficient (Wildman–Crippen LogP) is 3.18. The zero-order valence-electron chi connectivity index (χ0n) is 12.2. The van der Waals surface area contributed by atoms with Crippen LogP contribution < -0.4 is 10.4 Å². The Kier molecular flexibility index (Phi) is 2.03. The Morgan fingerprint density at radius 2 is 1.53 bits per heavy atom. The number of hydrogen-bond donors (Lipinski definition) is 0. The molecule has 2 aliphatic rings. The van der Waals surface area contributed by atoms with Crippen LogP contribution >= 0.6 is 0 Å². The van der Waals surface area contributed by atoms with Crippen molar-refractivity contribution in [3.63, 3.8) is 0 Å². The summed E-state index contributed by atoms with van der Waals surface area (Å²) in [7, 11) is -2.26. The minimum Gasteiger partial charge on any atom is -0.0671 e. The maximum Gasteiger partial charge on any atom is 0.0793 e. The Labute approximate surface area is 117 Å². The average molecular weight is 281 g/mol. The molecule has 0 unspecified atom stereocenters. The van der Waals surface area contributed by atoms with Gasteiger partial charge in [-0.1, -0.05) is 73.0 Å². The van der Waals surface area contributed by atoms with Gasteiger partial charge < -0.3 is 0 Å². The molecule has 0 aromatic heterocycles. The molecule has 2 aromatic rings. The molecule has 0 spiro atoms. The highest BCUT2D eigenvalue weighted by Gasteiger charge is 2.56. The van der Waals surface area contributed by atoms with E-state index >= 15 is 0 Å². The fourth-order valence-corrected chi connectivity index (χ4v) is 14.7. The van der Waals surface area contributed by atoms with Crippen LogP contribution in [-0.4, -0.2) is 15.2 Å². The zero-order chi connectivity index (χ0) is 13.4. The van der Waals surface area contributed by atoms with E-state index in [0.717, 1.165) is 0 Å². The molecule has 4 rings (SSSR count). The summed E-state index contributed by atoms with van der Waals surface area (Å²) in [5, 5.41) is 3.58. The summed E-state index contributed by atoms with van der Waals surface area (Å²) < 4.78 is 0. The third kappa shape index (κ3) is 1.20. The molecule has 0 N–H and O–H groups in total. The second kappa shape index (κ2) is 3.30. The molecular weight excluding hydrogens is 260 g/mol. The van der Waals surface area contributed by atoms with Gasteiger partial charge >= 0.3 is 0 Å². The summed E-state index contributed by atoms with van der Waals surface area (Å²) in [5.41, 5.74) is 6.22. The summed E-state index contributed by atoms with van der Waals surface area (Å²) in [6.07, 6.45) is 1.18. The van der Waals surface area contributed by atoms with E-state index in [-0.39, 0.29) is 0 Å². The lowest BCUT2D eigenvalue weighted by Crippen LogP contribution is -2.85. The lowest BCUT2D eigenvalue weighted by Gasteiger charge is -2.52. The molecule has 1 heterocycles. The summed E-state index contributed by atoms with van der Waals surface area (Å²) >= 11 is 0. The van der Waals surface area contributed by atoms with E-state index in [0.29, 0.717) is 0 Å². The molecule has 2 heteroatoms. The molecular formula is C17H20Si2. The van der Waals surface area contributed by atoms with Gasteiger partial charge in [-0.2, -0.15) is 0 Å². The Hall–Kier alpha value is -1.13. The second-order valence-electron chi connectivity index (χ2n) is 7.10. The monoisotopic (exact) mass is 280 g/mol. The zero-order valence-corrected chi connectivity index (χ0v) is 14.2. The molecule has 0 nitrogen and oxygen atoms in total. The van der Waals surface area contributed by atoms with Crippen molar-refractivity contribution in [1.82, 2.24) is 0 Å². The Morgan fingerprint density at radius 1 is 0.789 bits per heavy atom. The highest BCUT2D eigenvalue weighted by molar-refractivity contribution is 7.56. The summed E-state index contributed by atoms with van der Waals surface area (Å²) in [4.78, 5) is 0. The van der Waals surface area contributed by atoms with Gasteiger partial charge in [0, 0.05) is 0 Å². The van der Waals surface area contributed by atoms with Gasteiger partial charge in [-0.15, -0.1) is 0 Å². The minimum absolute atomic E-state index is 1.11. The first-order valence-electron chi connectivity index (χ1n) is 7.20. The van der Waals surface area contributed by atoms with E-state index in [9.17, 15) is 0 Å². The standard InChI is InChI=1S/C17H20Si2/c1-18(2)16-10-9-14-13-8-6-5-7-12(13)11-15(14)17(16)19(18,3)4/h5-10H,11H2,1-4H3. The summed E-state index contributed by atoms with van der Waals surface area (Å²) in [5.74, 6) is 0. The molecule has 0 radical (unpaired) electrons. The third-order valence-corrected chi connectivity index (χ3v) is 23.7. The average Bonchev–Trinajstić information content (AvgIpc) is 2.75. The van der Waals surface area contributed by atoms with Crippen LogP contribution in [0, 0.1) is 0 Å². The van der Waals surface area contributed by atoms with Gasteiger partial charge in [-0.05, 0) is 28.7 Å². The smallest absolute Gasteiger partial charge is 0.0671 e. The van der Waals surface area contributed by atoms with E-state index in [4.69, 9.17) is 0 Å². The Bertz CT molecular complexity index is 711. The van der Waals surface area contributed by atoms with Gasteiger partial charge in [0.2, 0.25) is 0 Å². The molecule has 0 amide bonds. The molecule has 0 atom stereocenters. The van der Waals surface area contributed by atoms with E-state index < -0.39 is 15.2 Å². The van der Waals surface area contributed by atoms with Crippen LogP contribution in [0.2, 0.25) is 26.2 Å². The lowest BCUT2D eigenvalue weighted by molar-refractivity contribution is 1.27. The van der Waals surface area contributed by atoms with Crippen molar-refractivity contribution in [2.75, 3.05) is 0 Å². The third-order valence-electron chi connectivity index (χ3n) is 5.85. The van der Waals surface area contributed by atoms with Crippen LogP contribution in [0.1, 0.15) is 11.1 Å². The fourth-order valence-electron chi connectivity index (χ4n) is 4.03. The summed E-state index contributed by atoms with van der Waals surface area (Å²) in [6, 6.07) is 13.8. The van der Waals surface area contributed by atoms with Crippen LogP contribution in [-0.2, 0) is 6.42 Å². The molecule has 1 aliphatic heterocycles. The molecule has 2 aromatic carbocycles. The number of rotatable bonds is 0. The topological polar surface area (TPSA) is 0 Å². The molecule has 19 heavy (non-hydrogen) atoms. The lowest BCUT2D eigenvalue weighted by atomic mass is 10.1. The van der Waals surface area contributed by atoms with Crippen molar-refractivity contribution in [1.29, 1.82) is 0 Å². The first kappa shape index (κ1) is 11.7. The molecule has 0 bridgehead atoms. The minimum atomic E-state index is -1.16. The van der Waals surface area contributed by atoms with Crippen LogP contribution in [0.5, 0.6) is 0 Å². The molecule has 1 aliphatic carbocycles. The first-order chi connectivity index (χ1) is 8.94. The van der Waals surface area contributed by atoms with Crippen molar-refractivity contribution < 1.29 is 0 Å². The first-order valence-corrected chi connectivity index (χ1v) is 14.2. The fraction of sp³-hybridized carbons (Fsp3) is 0.294. The van der Waals surface area contributed by atoms with Crippen molar-refractivity contribution in [3.05, 3.63) is 47.5 Å². The molecule has 0 saturated carbocycles. The van der Waals surface area contributed by atoms with Crippen LogP contribution in [0.25, 0.3) is 11.1 Å². The highest BCUT2D eigenvalue weighted by Crippen LogP contribution is 2.39. The Balaban J connectivity index is 2.01. The van der Waals surface area contributed by atoms with Crippen molar-refractivity contribution in [2.24, 2.45) is 0 Å². The van der Waals surface area contributed by atoms with Crippen molar-refractivity contribution in [2.45, 2.75) is 32.6 Å². The quantitative estimate of drug-likeness (QED) is 0.555. The number of fused-ring (bicyclic) bond motifs is 5. The molecule has 0 fully saturated rings. The number of hydrogen-bond acceptors (Lipinski definition) is 0. The van der Waals surface area contributed by atoms with Crippen molar-refractivity contribution >= 4 is 25.6 Å². The van der Waals surface area contributed by atoms with Crippen LogP contribution in [0.4, 0.5) is 0 Å². The van der Waals surface area contributed by atoms with Gasteiger partial charge in [-0.25, -0.2) is 0 Å². The highest BCUT2D eigenvalue weighted by atomic mass is 29.3. The van der Waals surface area contributed by atoms with E-state index in [1.165, 1.54) is 23.1 Å². The SMILES string of the molecule is C[Si]1(C)c2ccc3c(c2[Si]1(C)C)Cc1ccccc1-3. The maximum absolute atomic E-state index is 2.60. The second-order valence-corrected chi connectivity index (χ2v) is 22.1. The van der Waals surface area contributed by atoms with Gasteiger partial charge in [0.25, 0.3) is 0 Å². The normalized spacial score (nSPS) is 20.2. The Morgan fingerprint density at radius 3 is 2.32 bits per heavy atom. The van der Waals surface area contributed by atoms with Crippen LogP contribution in [0.3, 0.4) is 0 Å². The molecule has 0 saturated heterocycles. The van der Waals surface area contributed by atoms with Gasteiger partial charge in [0.15, 0.2) is 0 Å². The van der Waals surface area contributed by atoms with Crippen LogP contribution in [0.15, 0.2) is 36.4 Å². The summed E-state index contributed by atoms with van der Waals surface area (Å²) in [6.45, 7) is 10.4. The maximum atomic E-state index is 2.60. The van der Waals surface area contributed by atoms with Gasteiger partial charge in [0.1, 0.15) is 0 Å².